The Morgan fingerprint density at radius 3 is 1.20 bits per heavy atom. The minimum absolute atomic E-state index is 0.169. The fourth-order valence-electron chi connectivity index (χ4n) is 5.42. The van der Waals surface area contributed by atoms with Crippen molar-refractivity contribution in [1.29, 1.82) is 0 Å². The van der Waals surface area contributed by atoms with Crippen LogP contribution < -0.4 is 9.47 Å². The lowest BCUT2D eigenvalue weighted by molar-refractivity contribution is 0.0285. The molecule has 4 aromatic rings. The molecule has 6 heteroatoms. The normalized spacial score (nSPS) is 13.9. The third kappa shape index (κ3) is 5.24. The number of fused-ring (bicyclic) bond motifs is 3. The summed E-state index contributed by atoms with van der Waals surface area (Å²) in [4.78, 5) is 0. The summed E-state index contributed by atoms with van der Waals surface area (Å²) in [6.07, 6.45) is 0. The molecule has 1 aliphatic rings. The number of ether oxygens (including phenoxy) is 2. The number of benzene rings is 4. The second-order valence-electron chi connectivity index (χ2n) is 11.7. The number of rotatable bonds is 12. The van der Waals surface area contributed by atoms with Gasteiger partial charge in [0.1, 0.15) is 11.5 Å². The zero-order valence-corrected chi connectivity index (χ0v) is 23.6. The van der Waals surface area contributed by atoms with Crippen molar-refractivity contribution >= 4 is 0 Å². The molecule has 5 rings (SSSR count). The first kappa shape index (κ1) is 28.8. The molecule has 1 aliphatic carbocycles. The van der Waals surface area contributed by atoms with E-state index in [1.165, 1.54) is 22.3 Å². The zero-order chi connectivity index (χ0) is 29.1. The molecule has 41 heavy (non-hydrogen) atoms. The molecular formula is C35H38O6. The molecule has 0 unspecified atom stereocenters. The van der Waals surface area contributed by atoms with Crippen molar-refractivity contribution < 1.29 is 29.9 Å². The molecule has 0 fully saturated rings. The maximum Gasteiger partial charge on any atom is 0.119 e. The summed E-state index contributed by atoms with van der Waals surface area (Å²) in [6.45, 7) is 3.28. The van der Waals surface area contributed by atoms with E-state index >= 15 is 0 Å². The minimum Gasteiger partial charge on any atom is -0.493 e. The maximum absolute atomic E-state index is 9.64. The van der Waals surface area contributed by atoms with E-state index in [1.807, 2.05) is 24.3 Å². The van der Waals surface area contributed by atoms with Crippen molar-refractivity contribution in [1.82, 2.24) is 0 Å². The van der Waals surface area contributed by atoms with Crippen LogP contribution in [-0.4, -0.2) is 60.1 Å². The standard InChI is InChI=1S/C35H38O6/c1-33(19-36,20-37)23-40-27-15-11-25(12-16-27)35(26-13-17-28(18-14-26)41-24-34(2,21-38)22-39)31-9-5-3-7-29(31)30-8-4-6-10-32(30)35/h3-18,36-39H,19-24H2,1-2H3. The van der Waals surface area contributed by atoms with Gasteiger partial charge in [-0.05, 0) is 57.6 Å². The third-order valence-electron chi connectivity index (χ3n) is 8.23. The number of hydrogen-bond acceptors (Lipinski definition) is 6. The van der Waals surface area contributed by atoms with E-state index in [-0.39, 0.29) is 39.6 Å². The lowest BCUT2D eigenvalue weighted by Gasteiger charge is -2.34. The monoisotopic (exact) mass is 554 g/mol. The molecule has 214 valence electrons. The van der Waals surface area contributed by atoms with Gasteiger partial charge in [-0.15, -0.1) is 0 Å². The SMILES string of the molecule is CC(CO)(CO)COc1ccc(C2(c3ccc(OCC(C)(CO)CO)cc3)c3ccccc3-c3ccccc32)cc1. The first-order valence-corrected chi connectivity index (χ1v) is 13.9. The van der Waals surface area contributed by atoms with Crippen molar-refractivity contribution in [3.63, 3.8) is 0 Å². The zero-order valence-electron chi connectivity index (χ0n) is 23.6. The van der Waals surface area contributed by atoms with Gasteiger partial charge >= 0.3 is 0 Å². The Hall–Kier alpha value is -3.68. The molecule has 0 heterocycles. The summed E-state index contributed by atoms with van der Waals surface area (Å²) < 4.78 is 11.9. The highest BCUT2D eigenvalue weighted by molar-refractivity contribution is 5.86. The molecular weight excluding hydrogens is 516 g/mol. The fourth-order valence-corrected chi connectivity index (χ4v) is 5.42. The number of aliphatic hydroxyl groups is 4. The van der Waals surface area contributed by atoms with Gasteiger partial charge in [-0.1, -0.05) is 86.6 Å². The molecule has 4 N–H and O–H groups in total. The van der Waals surface area contributed by atoms with E-state index < -0.39 is 16.2 Å². The summed E-state index contributed by atoms with van der Waals surface area (Å²) >= 11 is 0. The van der Waals surface area contributed by atoms with Crippen molar-refractivity contribution in [2.24, 2.45) is 10.8 Å². The van der Waals surface area contributed by atoms with Gasteiger partial charge in [-0.25, -0.2) is 0 Å². The van der Waals surface area contributed by atoms with Gasteiger partial charge in [0.25, 0.3) is 0 Å². The molecule has 0 aliphatic heterocycles. The Bertz CT molecular complexity index is 1340. The van der Waals surface area contributed by atoms with Gasteiger partial charge in [0.05, 0.1) is 45.1 Å². The van der Waals surface area contributed by atoms with Crippen molar-refractivity contribution in [3.8, 4) is 22.6 Å². The highest BCUT2D eigenvalue weighted by atomic mass is 16.5. The first-order chi connectivity index (χ1) is 19.8. The molecule has 0 atom stereocenters. The molecule has 0 radical (unpaired) electrons. The van der Waals surface area contributed by atoms with E-state index in [0.29, 0.717) is 11.5 Å². The second kappa shape index (κ2) is 11.7. The molecule has 0 bridgehead atoms. The van der Waals surface area contributed by atoms with Gasteiger partial charge in [-0.3, -0.25) is 0 Å². The van der Waals surface area contributed by atoms with Crippen LogP contribution in [0.3, 0.4) is 0 Å². The number of aliphatic hydroxyl groups excluding tert-OH is 4. The second-order valence-corrected chi connectivity index (χ2v) is 11.7. The summed E-state index contributed by atoms with van der Waals surface area (Å²) in [6, 6.07) is 33.1. The predicted molar refractivity (Wildman–Crippen MR) is 159 cm³/mol. The first-order valence-electron chi connectivity index (χ1n) is 13.9. The molecule has 4 aromatic carbocycles. The van der Waals surface area contributed by atoms with E-state index in [4.69, 9.17) is 9.47 Å². The minimum atomic E-state index is -0.723. The van der Waals surface area contributed by atoms with Crippen molar-refractivity contribution in [3.05, 3.63) is 119 Å². The Labute approximate surface area is 241 Å². The van der Waals surface area contributed by atoms with Crippen LogP contribution in [0.5, 0.6) is 11.5 Å². The third-order valence-corrected chi connectivity index (χ3v) is 8.23. The summed E-state index contributed by atoms with van der Waals surface area (Å²) in [5, 5.41) is 38.6. The van der Waals surface area contributed by atoms with Crippen molar-refractivity contribution in [2.45, 2.75) is 19.3 Å². The quantitative estimate of drug-likeness (QED) is 0.177. The van der Waals surface area contributed by atoms with Crippen LogP contribution in [0.2, 0.25) is 0 Å². The van der Waals surface area contributed by atoms with Crippen molar-refractivity contribution in [2.75, 3.05) is 39.6 Å². The van der Waals surface area contributed by atoms with Crippen LogP contribution >= 0.6 is 0 Å². The fraction of sp³-hybridized carbons (Fsp3) is 0.314. The molecule has 0 saturated carbocycles. The molecule has 0 amide bonds. The topological polar surface area (TPSA) is 99.4 Å². The highest BCUT2D eigenvalue weighted by Gasteiger charge is 2.45. The van der Waals surface area contributed by atoms with E-state index in [0.717, 1.165) is 11.1 Å². The van der Waals surface area contributed by atoms with Gasteiger partial charge in [0.15, 0.2) is 0 Å². The maximum atomic E-state index is 9.64. The van der Waals surface area contributed by atoms with E-state index in [1.54, 1.807) is 13.8 Å². The Kier molecular flexibility index (Phi) is 8.20. The largest absolute Gasteiger partial charge is 0.493 e. The van der Waals surface area contributed by atoms with Gasteiger partial charge in [-0.2, -0.15) is 0 Å². The summed E-state index contributed by atoms with van der Waals surface area (Å²) in [7, 11) is 0. The lowest BCUT2D eigenvalue weighted by atomic mass is 9.68. The molecule has 0 saturated heterocycles. The molecule has 6 nitrogen and oxygen atoms in total. The van der Waals surface area contributed by atoms with Gasteiger partial charge < -0.3 is 29.9 Å². The Balaban J connectivity index is 1.57. The molecule has 0 spiro atoms. The smallest absolute Gasteiger partial charge is 0.119 e. The van der Waals surface area contributed by atoms with E-state index in [9.17, 15) is 20.4 Å². The van der Waals surface area contributed by atoms with Gasteiger partial charge in [0.2, 0.25) is 0 Å². The van der Waals surface area contributed by atoms with Crippen LogP contribution in [0, 0.1) is 10.8 Å². The lowest BCUT2D eigenvalue weighted by Crippen LogP contribution is -2.33. The Morgan fingerprint density at radius 2 is 0.854 bits per heavy atom. The Morgan fingerprint density at radius 1 is 0.512 bits per heavy atom. The number of hydrogen-bond donors (Lipinski definition) is 4. The van der Waals surface area contributed by atoms with Crippen LogP contribution in [0.15, 0.2) is 97.1 Å². The average Bonchev–Trinajstić information content (AvgIpc) is 3.34. The van der Waals surface area contributed by atoms with Crippen LogP contribution in [0.25, 0.3) is 11.1 Å². The predicted octanol–water partition coefficient (Wildman–Crippen LogP) is 4.79. The average molecular weight is 555 g/mol. The summed E-state index contributed by atoms with van der Waals surface area (Å²) in [5.74, 6) is 1.33. The van der Waals surface area contributed by atoms with E-state index in [2.05, 4.69) is 72.8 Å². The van der Waals surface area contributed by atoms with Crippen LogP contribution in [0.4, 0.5) is 0 Å². The van der Waals surface area contributed by atoms with Gasteiger partial charge in [0, 0.05) is 10.8 Å². The molecule has 0 aromatic heterocycles. The highest BCUT2D eigenvalue weighted by Crippen LogP contribution is 2.56. The van der Waals surface area contributed by atoms with Crippen LogP contribution in [-0.2, 0) is 5.41 Å². The van der Waals surface area contributed by atoms with Crippen LogP contribution in [0.1, 0.15) is 36.1 Å². The summed E-state index contributed by atoms with van der Waals surface area (Å²) in [5.41, 5.74) is 4.87.